The van der Waals surface area contributed by atoms with Crippen LogP contribution in [0.15, 0.2) is 18.2 Å². The summed E-state index contributed by atoms with van der Waals surface area (Å²) in [7, 11) is -1.16. The van der Waals surface area contributed by atoms with E-state index in [0.29, 0.717) is 19.6 Å². The van der Waals surface area contributed by atoms with Crippen LogP contribution in [-0.4, -0.2) is 33.2 Å². The highest BCUT2D eigenvalue weighted by Gasteiger charge is 2.13. The van der Waals surface area contributed by atoms with E-state index < -0.39 is 8.07 Å². The van der Waals surface area contributed by atoms with Crippen LogP contribution < -0.4 is 10.6 Å². The molecule has 0 fully saturated rings. The molecule has 1 rings (SSSR count). The average Bonchev–Trinajstić information content (AvgIpc) is 2.48. The van der Waals surface area contributed by atoms with Crippen molar-refractivity contribution in [1.29, 1.82) is 0 Å². The Morgan fingerprint density at radius 3 is 2.31 bits per heavy atom. The number of benzene rings is 1. The Morgan fingerprint density at radius 2 is 1.69 bits per heavy atom. The monoisotopic (exact) mass is 602 g/mol. The van der Waals surface area contributed by atoms with Crippen LogP contribution in [0.25, 0.3) is 0 Å². The molecule has 0 aliphatic carbocycles. The first kappa shape index (κ1) is 23.7. The molecule has 1 aromatic rings. The van der Waals surface area contributed by atoms with Crippen LogP contribution in [0.5, 0.6) is 0 Å². The number of rotatable bonds is 10. The lowest BCUT2D eigenvalue weighted by Gasteiger charge is -2.15. The second-order valence-electron chi connectivity index (χ2n) is 7.39. The smallest absolute Gasteiger partial charge is 0.407 e. The van der Waals surface area contributed by atoms with Crippen LogP contribution in [0.4, 0.5) is 10.5 Å². The average molecular weight is 602 g/mol. The fourth-order valence-corrected chi connectivity index (χ4v) is 4.78. The van der Waals surface area contributed by atoms with Gasteiger partial charge in [-0.05, 0) is 82.3 Å². The number of nitrogens with one attached hydrogen (secondary N) is 2. The number of hydrogen-bond donors (Lipinski definition) is 2. The Morgan fingerprint density at radius 1 is 1.04 bits per heavy atom. The Hall–Kier alpha value is -0.363. The molecular formula is C18H28I2N2O3Si. The minimum atomic E-state index is -1.16. The van der Waals surface area contributed by atoms with Crippen molar-refractivity contribution in [3.8, 4) is 0 Å². The Kier molecular flexibility index (Phi) is 11.1. The maximum atomic E-state index is 12.0. The summed E-state index contributed by atoms with van der Waals surface area (Å²) in [4.78, 5) is 23.5. The van der Waals surface area contributed by atoms with Crippen molar-refractivity contribution in [2.45, 2.75) is 51.4 Å². The molecule has 0 unspecified atom stereocenters. The summed E-state index contributed by atoms with van der Waals surface area (Å²) in [6.07, 6.45) is 2.70. The van der Waals surface area contributed by atoms with Crippen LogP contribution in [0.1, 0.15) is 25.7 Å². The van der Waals surface area contributed by atoms with E-state index in [-0.39, 0.29) is 12.0 Å². The van der Waals surface area contributed by atoms with E-state index in [0.717, 1.165) is 38.1 Å². The molecule has 5 nitrogen and oxygen atoms in total. The highest BCUT2D eigenvalue weighted by molar-refractivity contribution is 14.1. The molecule has 1 aromatic carbocycles. The number of unbranched alkanes of at least 4 members (excludes halogenated alkanes) is 2. The zero-order valence-electron chi connectivity index (χ0n) is 15.7. The summed E-state index contributed by atoms with van der Waals surface area (Å²) in [5.41, 5.74) is 0.842. The normalized spacial score (nSPS) is 11.1. The molecule has 0 saturated carbocycles. The lowest BCUT2D eigenvalue weighted by Crippen LogP contribution is -2.28. The second kappa shape index (κ2) is 12.2. The SMILES string of the molecule is C[Si](C)(C)CCOC(=O)NCCCCCC(=O)Nc1cc(I)cc(I)c1. The van der Waals surface area contributed by atoms with Gasteiger partial charge in [-0.25, -0.2) is 4.79 Å². The third kappa shape index (κ3) is 12.1. The Labute approximate surface area is 184 Å². The van der Waals surface area contributed by atoms with E-state index in [1.165, 1.54) is 0 Å². The quantitative estimate of drug-likeness (QED) is 0.213. The molecule has 0 aliphatic heterocycles. The molecule has 0 atom stereocenters. The number of carbonyl (C=O) groups is 2. The second-order valence-corrected chi connectivity index (χ2v) is 15.5. The van der Waals surface area contributed by atoms with Gasteiger partial charge in [0.25, 0.3) is 0 Å². The standard InChI is InChI=1S/C18H28I2N2O3Si/c1-26(2,3)10-9-25-18(24)21-8-6-4-5-7-17(23)22-16-12-14(19)11-15(20)13-16/h11-13H,4-10H2,1-3H3,(H,21,24)(H,22,23). The van der Waals surface area contributed by atoms with E-state index in [4.69, 9.17) is 4.74 Å². The van der Waals surface area contributed by atoms with Crippen LogP contribution in [0, 0.1) is 7.14 Å². The maximum absolute atomic E-state index is 12.0. The van der Waals surface area contributed by atoms with Gasteiger partial charge < -0.3 is 15.4 Å². The van der Waals surface area contributed by atoms with Gasteiger partial charge in [0.2, 0.25) is 5.91 Å². The van der Waals surface area contributed by atoms with E-state index >= 15 is 0 Å². The molecule has 0 saturated heterocycles. The molecule has 146 valence electrons. The molecule has 8 heteroatoms. The van der Waals surface area contributed by atoms with E-state index in [1.54, 1.807) is 0 Å². The van der Waals surface area contributed by atoms with Gasteiger partial charge in [0.1, 0.15) is 0 Å². The largest absolute Gasteiger partial charge is 0.450 e. The van der Waals surface area contributed by atoms with Gasteiger partial charge in [0, 0.05) is 33.9 Å². The summed E-state index contributed by atoms with van der Waals surface area (Å²) in [6.45, 7) is 7.85. The summed E-state index contributed by atoms with van der Waals surface area (Å²) >= 11 is 4.48. The first-order valence-electron chi connectivity index (χ1n) is 8.82. The number of carbonyl (C=O) groups excluding carboxylic acids is 2. The molecule has 2 amide bonds. The van der Waals surface area contributed by atoms with E-state index in [2.05, 4.69) is 81.5 Å². The van der Waals surface area contributed by atoms with E-state index in [1.807, 2.05) is 12.1 Å². The molecule has 0 heterocycles. The Bertz CT molecular complexity index is 586. The van der Waals surface area contributed by atoms with Crippen molar-refractivity contribution in [2.75, 3.05) is 18.5 Å². The van der Waals surface area contributed by atoms with E-state index in [9.17, 15) is 9.59 Å². The summed E-state index contributed by atoms with van der Waals surface area (Å²) in [5.74, 6) is 0.0292. The summed E-state index contributed by atoms with van der Waals surface area (Å²) < 4.78 is 7.38. The fraction of sp³-hybridized carbons (Fsp3) is 0.556. The number of anilines is 1. The predicted molar refractivity (Wildman–Crippen MR) is 126 cm³/mol. The molecule has 0 bridgehead atoms. The highest BCUT2D eigenvalue weighted by atomic mass is 127. The van der Waals surface area contributed by atoms with Gasteiger partial charge in [-0.3, -0.25) is 4.79 Å². The van der Waals surface area contributed by atoms with Crippen molar-refractivity contribution in [3.63, 3.8) is 0 Å². The predicted octanol–water partition coefficient (Wildman–Crippen LogP) is 5.46. The van der Waals surface area contributed by atoms with Crippen LogP contribution in [0.2, 0.25) is 25.7 Å². The first-order chi connectivity index (χ1) is 12.2. The minimum absolute atomic E-state index is 0.0292. The molecule has 2 N–H and O–H groups in total. The van der Waals surface area contributed by atoms with Gasteiger partial charge in [0.15, 0.2) is 0 Å². The first-order valence-corrected chi connectivity index (χ1v) is 14.7. The fourth-order valence-electron chi connectivity index (χ4n) is 2.13. The number of alkyl carbamates (subject to hydrolysis) is 1. The molecule has 0 radical (unpaired) electrons. The van der Waals surface area contributed by atoms with Crippen LogP contribution in [-0.2, 0) is 9.53 Å². The van der Waals surface area contributed by atoms with Gasteiger partial charge >= 0.3 is 6.09 Å². The highest BCUT2D eigenvalue weighted by Crippen LogP contribution is 2.18. The van der Waals surface area contributed by atoms with Crippen molar-refractivity contribution in [1.82, 2.24) is 5.32 Å². The van der Waals surface area contributed by atoms with Gasteiger partial charge in [-0.2, -0.15) is 0 Å². The van der Waals surface area contributed by atoms with Gasteiger partial charge in [-0.1, -0.05) is 26.1 Å². The third-order valence-electron chi connectivity index (χ3n) is 3.58. The van der Waals surface area contributed by atoms with Crippen molar-refractivity contribution < 1.29 is 14.3 Å². The summed E-state index contributed by atoms with van der Waals surface area (Å²) in [6, 6.07) is 6.95. The maximum Gasteiger partial charge on any atom is 0.407 e. The number of hydrogen-bond acceptors (Lipinski definition) is 3. The van der Waals surface area contributed by atoms with Gasteiger partial charge in [0.05, 0.1) is 6.61 Å². The van der Waals surface area contributed by atoms with Crippen molar-refractivity contribution in [3.05, 3.63) is 25.3 Å². The topological polar surface area (TPSA) is 67.4 Å². The van der Waals surface area contributed by atoms with Crippen molar-refractivity contribution >= 4 is 70.9 Å². The molecule has 26 heavy (non-hydrogen) atoms. The number of halogens is 2. The third-order valence-corrected chi connectivity index (χ3v) is 6.53. The molecular weight excluding hydrogens is 574 g/mol. The zero-order valence-corrected chi connectivity index (χ0v) is 21.0. The van der Waals surface area contributed by atoms with Crippen LogP contribution >= 0.6 is 45.2 Å². The molecule has 0 aromatic heterocycles. The Balaban J connectivity index is 2.08. The summed E-state index contributed by atoms with van der Waals surface area (Å²) in [5, 5.41) is 5.69. The van der Waals surface area contributed by atoms with Gasteiger partial charge in [-0.15, -0.1) is 0 Å². The molecule has 0 spiro atoms. The number of ether oxygens (including phenoxy) is 1. The lowest BCUT2D eigenvalue weighted by molar-refractivity contribution is -0.116. The lowest BCUT2D eigenvalue weighted by atomic mass is 10.2. The number of amides is 2. The van der Waals surface area contributed by atoms with Crippen LogP contribution in [0.3, 0.4) is 0 Å². The minimum Gasteiger partial charge on any atom is -0.450 e. The van der Waals surface area contributed by atoms with Crippen molar-refractivity contribution in [2.24, 2.45) is 0 Å². The molecule has 0 aliphatic rings. The zero-order chi connectivity index (χ0) is 19.6.